The molecule has 1 amide bonds. The van der Waals surface area contributed by atoms with E-state index in [2.05, 4.69) is 17.9 Å². The predicted octanol–water partition coefficient (Wildman–Crippen LogP) is 4.07. The molecular formula is C24H27FN4O. The summed E-state index contributed by atoms with van der Waals surface area (Å²) in [7, 11) is 0. The largest absolute Gasteiger partial charge is 0.335 e. The summed E-state index contributed by atoms with van der Waals surface area (Å²) in [6.45, 7) is 10.3. The molecule has 1 aliphatic rings. The maximum absolute atomic E-state index is 13.5. The molecule has 0 bridgehead atoms. The van der Waals surface area contributed by atoms with E-state index in [1.54, 1.807) is 16.8 Å². The summed E-state index contributed by atoms with van der Waals surface area (Å²) in [5.74, 6) is -0.315. The van der Waals surface area contributed by atoms with Crippen LogP contribution in [-0.2, 0) is 0 Å². The number of aryl methyl sites for hydroxylation is 2. The first kappa shape index (κ1) is 20.3. The molecule has 4 rings (SSSR count). The lowest BCUT2D eigenvalue weighted by atomic mass is 10.1. The SMILES string of the molecule is CCN1CCN(C(=O)c2cc(-c3ccc(F)cc3)nn2-c2cc(C)ccc2C)CC1. The molecule has 1 aliphatic heterocycles. The fraction of sp³-hybridized carbons (Fsp3) is 0.333. The lowest BCUT2D eigenvalue weighted by Gasteiger charge is -2.34. The maximum atomic E-state index is 13.5. The van der Waals surface area contributed by atoms with Crippen LogP contribution in [-0.4, -0.2) is 58.2 Å². The first-order valence-electron chi connectivity index (χ1n) is 10.4. The van der Waals surface area contributed by atoms with Crippen molar-refractivity contribution in [2.45, 2.75) is 20.8 Å². The van der Waals surface area contributed by atoms with Gasteiger partial charge in [0.05, 0.1) is 11.4 Å². The monoisotopic (exact) mass is 406 g/mol. The van der Waals surface area contributed by atoms with Gasteiger partial charge < -0.3 is 9.80 Å². The zero-order valence-corrected chi connectivity index (χ0v) is 17.7. The first-order chi connectivity index (χ1) is 14.5. The summed E-state index contributed by atoms with van der Waals surface area (Å²) in [6, 6.07) is 14.2. The minimum atomic E-state index is -0.294. The van der Waals surface area contributed by atoms with Crippen LogP contribution in [0.1, 0.15) is 28.5 Å². The van der Waals surface area contributed by atoms with Crippen molar-refractivity contribution in [3.63, 3.8) is 0 Å². The highest BCUT2D eigenvalue weighted by atomic mass is 19.1. The average Bonchev–Trinajstić information content (AvgIpc) is 3.20. The Morgan fingerprint density at radius 2 is 1.70 bits per heavy atom. The normalized spacial score (nSPS) is 14.9. The standard InChI is InChI=1S/C24H27FN4O/c1-4-27-11-13-28(14-12-27)24(30)23-16-21(19-7-9-20(25)10-8-19)26-29(23)22-15-17(2)5-6-18(22)3/h5-10,15-16H,4,11-14H2,1-3H3. The molecule has 0 radical (unpaired) electrons. The third kappa shape index (κ3) is 4.00. The molecule has 0 aliphatic carbocycles. The summed E-state index contributed by atoms with van der Waals surface area (Å²) in [6.07, 6.45) is 0. The molecule has 1 fully saturated rings. The van der Waals surface area contributed by atoms with Crippen LogP contribution in [0.3, 0.4) is 0 Å². The van der Waals surface area contributed by atoms with Crippen molar-refractivity contribution in [2.75, 3.05) is 32.7 Å². The summed E-state index contributed by atoms with van der Waals surface area (Å²) in [5, 5.41) is 4.77. The number of carbonyl (C=O) groups is 1. The van der Waals surface area contributed by atoms with Crippen molar-refractivity contribution in [1.82, 2.24) is 19.6 Å². The second kappa shape index (κ2) is 8.40. The Hall–Kier alpha value is -2.99. The second-order valence-electron chi connectivity index (χ2n) is 7.85. The lowest BCUT2D eigenvalue weighted by molar-refractivity contribution is 0.0634. The predicted molar refractivity (Wildman–Crippen MR) is 116 cm³/mol. The lowest BCUT2D eigenvalue weighted by Crippen LogP contribution is -2.48. The van der Waals surface area contributed by atoms with Gasteiger partial charge in [0.2, 0.25) is 0 Å². The number of halogens is 1. The van der Waals surface area contributed by atoms with Crippen molar-refractivity contribution in [3.05, 3.63) is 71.2 Å². The molecule has 3 aromatic rings. The van der Waals surface area contributed by atoms with Gasteiger partial charge in [-0.1, -0.05) is 19.1 Å². The second-order valence-corrected chi connectivity index (χ2v) is 7.85. The van der Waals surface area contributed by atoms with Gasteiger partial charge in [0.1, 0.15) is 11.5 Å². The van der Waals surface area contributed by atoms with Crippen LogP contribution in [0.4, 0.5) is 4.39 Å². The maximum Gasteiger partial charge on any atom is 0.272 e. The van der Waals surface area contributed by atoms with Gasteiger partial charge in [0.25, 0.3) is 5.91 Å². The highest BCUT2D eigenvalue weighted by Crippen LogP contribution is 2.25. The first-order valence-corrected chi connectivity index (χ1v) is 10.4. The molecule has 2 aromatic carbocycles. The van der Waals surface area contributed by atoms with Crippen molar-refractivity contribution in [2.24, 2.45) is 0 Å². The van der Waals surface area contributed by atoms with E-state index in [0.29, 0.717) is 24.5 Å². The van der Waals surface area contributed by atoms with Crippen molar-refractivity contribution < 1.29 is 9.18 Å². The fourth-order valence-electron chi connectivity index (χ4n) is 3.86. The van der Waals surface area contributed by atoms with Gasteiger partial charge in [-0.05, 0) is 67.9 Å². The van der Waals surface area contributed by atoms with E-state index < -0.39 is 0 Å². The number of piperazine rings is 1. The average molecular weight is 407 g/mol. The Morgan fingerprint density at radius 3 is 2.37 bits per heavy atom. The zero-order chi connectivity index (χ0) is 21.3. The number of likely N-dealkylation sites (N-methyl/N-ethyl adjacent to an activating group) is 1. The fourth-order valence-corrected chi connectivity index (χ4v) is 3.86. The number of hydrogen-bond donors (Lipinski definition) is 0. The quantitative estimate of drug-likeness (QED) is 0.656. The molecule has 0 spiro atoms. The molecule has 156 valence electrons. The molecule has 2 heterocycles. The molecule has 1 aromatic heterocycles. The zero-order valence-electron chi connectivity index (χ0n) is 17.7. The van der Waals surface area contributed by atoms with Crippen LogP contribution in [0.2, 0.25) is 0 Å². The molecular weight excluding hydrogens is 379 g/mol. The molecule has 0 atom stereocenters. The van der Waals surface area contributed by atoms with Gasteiger partial charge in [-0.25, -0.2) is 9.07 Å². The van der Waals surface area contributed by atoms with E-state index >= 15 is 0 Å². The Balaban J connectivity index is 1.76. The van der Waals surface area contributed by atoms with Crippen LogP contribution < -0.4 is 0 Å². The Bertz CT molecular complexity index is 1050. The minimum Gasteiger partial charge on any atom is -0.335 e. The van der Waals surface area contributed by atoms with Gasteiger partial charge >= 0.3 is 0 Å². The number of rotatable bonds is 4. The van der Waals surface area contributed by atoms with Crippen molar-refractivity contribution in [3.8, 4) is 16.9 Å². The summed E-state index contributed by atoms with van der Waals surface area (Å²) in [4.78, 5) is 17.7. The molecule has 0 unspecified atom stereocenters. The van der Waals surface area contributed by atoms with Gasteiger partial charge in [0, 0.05) is 31.7 Å². The molecule has 0 saturated carbocycles. The number of amides is 1. The van der Waals surface area contributed by atoms with E-state index in [1.165, 1.54) is 12.1 Å². The van der Waals surface area contributed by atoms with Crippen LogP contribution in [0.5, 0.6) is 0 Å². The smallest absolute Gasteiger partial charge is 0.272 e. The van der Waals surface area contributed by atoms with Crippen molar-refractivity contribution in [1.29, 1.82) is 0 Å². The summed E-state index contributed by atoms with van der Waals surface area (Å²) in [5.41, 5.74) is 5.01. The molecule has 5 nitrogen and oxygen atoms in total. The van der Waals surface area contributed by atoms with Gasteiger partial charge in [-0.15, -0.1) is 0 Å². The highest BCUT2D eigenvalue weighted by Gasteiger charge is 2.26. The molecule has 6 heteroatoms. The van der Waals surface area contributed by atoms with E-state index in [-0.39, 0.29) is 11.7 Å². The Labute approximate surface area is 176 Å². The van der Waals surface area contributed by atoms with E-state index in [1.807, 2.05) is 36.9 Å². The van der Waals surface area contributed by atoms with Crippen LogP contribution in [0.25, 0.3) is 16.9 Å². The van der Waals surface area contributed by atoms with Crippen molar-refractivity contribution >= 4 is 5.91 Å². The van der Waals surface area contributed by atoms with E-state index in [4.69, 9.17) is 5.10 Å². The van der Waals surface area contributed by atoms with Crippen LogP contribution in [0.15, 0.2) is 48.5 Å². The Morgan fingerprint density at radius 1 is 1.00 bits per heavy atom. The number of hydrogen-bond acceptors (Lipinski definition) is 3. The topological polar surface area (TPSA) is 41.4 Å². The Kier molecular flexibility index (Phi) is 5.68. The number of benzene rings is 2. The van der Waals surface area contributed by atoms with Crippen LogP contribution >= 0.6 is 0 Å². The summed E-state index contributed by atoms with van der Waals surface area (Å²) < 4.78 is 15.1. The highest BCUT2D eigenvalue weighted by molar-refractivity contribution is 5.94. The number of carbonyl (C=O) groups excluding carboxylic acids is 1. The third-order valence-corrected chi connectivity index (χ3v) is 5.77. The summed E-state index contributed by atoms with van der Waals surface area (Å²) >= 11 is 0. The van der Waals surface area contributed by atoms with E-state index in [9.17, 15) is 9.18 Å². The van der Waals surface area contributed by atoms with Gasteiger partial charge in [0.15, 0.2) is 0 Å². The third-order valence-electron chi connectivity index (χ3n) is 5.77. The van der Waals surface area contributed by atoms with Gasteiger partial charge in [-0.3, -0.25) is 4.79 Å². The molecule has 0 N–H and O–H groups in total. The number of nitrogens with zero attached hydrogens (tertiary/aromatic N) is 4. The van der Waals surface area contributed by atoms with E-state index in [0.717, 1.165) is 42.0 Å². The number of aromatic nitrogens is 2. The van der Waals surface area contributed by atoms with Crippen LogP contribution in [0, 0.1) is 19.7 Å². The van der Waals surface area contributed by atoms with Gasteiger partial charge in [-0.2, -0.15) is 5.10 Å². The minimum absolute atomic E-state index is 0.0208. The molecule has 30 heavy (non-hydrogen) atoms. The molecule has 1 saturated heterocycles.